The van der Waals surface area contributed by atoms with E-state index >= 15 is 0 Å². The Morgan fingerprint density at radius 2 is 2.21 bits per heavy atom. The number of rotatable bonds is 7. The van der Waals surface area contributed by atoms with E-state index in [0.717, 1.165) is 23.0 Å². The van der Waals surface area contributed by atoms with Gasteiger partial charge in [0.1, 0.15) is 5.75 Å². The van der Waals surface area contributed by atoms with Gasteiger partial charge in [-0.3, -0.25) is 0 Å². The molecular formula is C14H20BrNO3. The highest BCUT2D eigenvalue weighted by atomic mass is 79.9. The van der Waals surface area contributed by atoms with Gasteiger partial charge >= 0.3 is 5.97 Å². The van der Waals surface area contributed by atoms with E-state index in [2.05, 4.69) is 32.9 Å². The van der Waals surface area contributed by atoms with Crippen molar-refractivity contribution in [3.05, 3.63) is 28.2 Å². The van der Waals surface area contributed by atoms with Gasteiger partial charge in [0, 0.05) is 16.6 Å². The molecule has 0 saturated heterocycles. The molecular weight excluding hydrogens is 310 g/mol. The van der Waals surface area contributed by atoms with Crippen LogP contribution in [-0.4, -0.2) is 25.7 Å². The lowest BCUT2D eigenvalue weighted by atomic mass is 10.2. The molecule has 0 fully saturated rings. The van der Waals surface area contributed by atoms with Crippen molar-refractivity contribution in [2.24, 2.45) is 0 Å². The number of ether oxygens (including phenoxy) is 2. The molecule has 1 atom stereocenters. The topological polar surface area (TPSA) is 47.6 Å². The largest absolute Gasteiger partial charge is 0.479 e. The van der Waals surface area contributed by atoms with E-state index in [-0.39, 0.29) is 5.97 Å². The molecule has 0 amide bonds. The van der Waals surface area contributed by atoms with E-state index in [0.29, 0.717) is 12.3 Å². The van der Waals surface area contributed by atoms with Crippen LogP contribution in [0.2, 0.25) is 0 Å². The monoisotopic (exact) mass is 329 g/mol. The number of hydrogen-bond acceptors (Lipinski definition) is 4. The standard InChI is InChI=1S/C14H20BrNO3/c1-4-7-16-9-11-8-12(15)5-6-13(11)19-10(2)14(17)18-3/h5-6,8,10,16H,4,7,9H2,1-3H3. The fraction of sp³-hybridized carbons (Fsp3) is 0.500. The third-order valence-corrected chi connectivity index (χ3v) is 3.09. The molecule has 5 heteroatoms. The molecule has 0 heterocycles. The van der Waals surface area contributed by atoms with Gasteiger partial charge in [0.2, 0.25) is 0 Å². The summed E-state index contributed by atoms with van der Waals surface area (Å²) in [6, 6.07) is 5.73. The van der Waals surface area contributed by atoms with Gasteiger partial charge in [-0.1, -0.05) is 22.9 Å². The average molecular weight is 330 g/mol. The second kappa shape index (κ2) is 8.17. The first-order valence-corrected chi connectivity index (χ1v) is 7.11. The Morgan fingerprint density at radius 3 is 2.84 bits per heavy atom. The Balaban J connectivity index is 2.78. The fourth-order valence-electron chi connectivity index (χ4n) is 1.61. The number of esters is 1. The number of nitrogens with one attached hydrogen (secondary N) is 1. The molecule has 1 rings (SSSR count). The summed E-state index contributed by atoms with van der Waals surface area (Å²) in [6.07, 6.45) is 0.457. The Labute approximate surface area is 122 Å². The minimum absolute atomic E-state index is 0.379. The number of hydrogen-bond donors (Lipinski definition) is 1. The Kier molecular flexibility index (Phi) is 6.87. The third-order valence-electron chi connectivity index (χ3n) is 2.60. The van der Waals surface area contributed by atoms with Crippen LogP contribution in [0.15, 0.2) is 22.7 Å². The van der Waals surface area contributed by atoms with Crippen LogP contribution in [0.4, 0.5) is 0 Å². The van der Waals surface area contributed by atoms with Gasteiger partial charge < -0.3 is 14.8 Å². The number of halogens is 1. The molecule has 1 unspecified atom stereocenters. The molecule has 0 bridgehead atoms. The summed E-state index contributed by atoms with van der Waals surface area (Å²) in [5.41, 5.74) is 1.01. The zero-order chi connectivity index (χ0) is 14.3. The lowest BCUT2D eigenvalue weighted by Crippen LogP contribution is -2.26. The molecule has 19 heavy (non-hydrogen) atoms. The maximum absolute atomic E-state index is 11.4. The van der Waals surface area contributed by atoms with Crippen molar-refractivity contribution in [2.45, 2.75) is 32.9 Å². The van der Waals surface area contributed by atoms with Crippen LogP contribution in [0.3, 0.4) is 0 Å². The predicted molar refractivity (Wildman–Crippen MR) is 78.2 cm³/mol. The minimum Gasteiger partial charge on any atom is -0.479 e. The van der Waals surface area contributed by atoms with Crippen molar-refractivity contribution in [1.29, 1.82) is 0 Å². The van der Waals surface area contributed by atoms with Crippen molar-refractivity contribution in [3.63, 3.8) is 0 Å². The molecule has 106 valence electrons. The molecule has 0 aliphatic rings. The highest BCUT2D eigenvalue weighted by Gasteiger charge is 2.16. The van der Waals surface area contributed by atoms with Crippen LogP contribution in [-0.2, 0) is 16.1 Å². The first kappa shape index (κ1) is 16.0. The number of carbonyl (C=O) groups excluding carboxylic acids is 1. The lowest BCUT2D eigenvalue weighted by molar-refractivity contribution is -0.147. The van der Waals surface area contributed by atoms with Gasteiger partial charge in [-0.15, -0.1) is 0 Å². The van der Waals surface area contributed by atoms with Crippen molar-refractivity contribution in [3.8, 4) is 5.75 Å². The minimum atomic E-state index is -0.615. The van der Waals surface area contributed by atoms with E-state index < -0.39 is 6.10 Å². The molecule has 0 aliphatic carbocycles. The highest BCUT2D eigenvalue weighted by Crippen LogP contribution is 2.24. The third kappa shape index (κ3) is 5.20. The summed E-state index contributed by atoms with van der Waals surface area (Å²) in [7, 11) is 1.35. The smallest absolute Gasteiger partial charge is 0.346 e. The lowest BCUT2D eigenvalue weighted by Gasteiger charge is -2.16. The molecule has 0 spiro atoms. The van der Waals surface area contributed by atoms with Crippen LogP contribution < -0.4 is 10.1 Å². The molecule has 1 N–H and O–H groups in total. The maximum atomic E-state index is 11.4. The molecule has 1 aromatic carbocycles. The molecule has 0 radical (unpaired) electrons. The van der Waals surface area contributed by atoms with Gasteiger partial charge in [0.25, 0.3) is 0 Å². The van der Waals surface area contributed by atoms with Gasteiger partial charge in [-0.25, -0.2) is 4.79 Å². The van der Waals surface area contributed by atoms with Crippen molar-refractivity contribution < 1.29 is 14.3 Å². The van der Waals surface area contributed by atoms with Crippen LogP contribution in [0.25, 0.3) is 0 Å². The van der Waals surface area contributed by atoms with E-state index in [1.54, 1.807) is 6.92 Å². The fourth-order valence-corrected chi connectivity index (χ4v) is 2.01. The summed E-state index contributed by atoms with van der Waals surface area (Å²) in [4.78, 5) is 11.4. The second-order valence-corrected chi connectivity index (χ2v) is 5.13. The second-order valence-electron chi connectivity index (χ2n) is 4.21. The first-order chi connectivity index (χ1) is 9.08. The number of benzene rings is 1. The van der Waals surface area contributed by atoms with E-state index in [1.807, 2.05) is 18.2 Å². The Morgan fingerprint density at radius 1 is 1.47 bits per heavy atom. The van der Waals surface area contributed by atoms with Crippen molar-refractivity contribution >= 4 is 21.9 Å². The van der Waals surface area contributed by atoms with Crippen molar-refractivity contribution in [2.75, 3.05) is 13.7 Å². The first-order valence-electron chi connectivity index (χ1n) is 6.32. The normalized spacial score (nSPS) is 12.0. The molecule has 0 aliphatic heterocycles. The van der Waals surface area contributed by atoms with E-state index in [9.17, 15) is 4.79 Å². The zero-order valence-electron chi connectivity index (χ0n) is 11.5. The Hall–Kier alpha value is -1.07. The summed E-state index contributed by atoms with van der Waals surface area (Å²) in [5, 5.41) is 3.32. The van der Waals surface area contributed by atoms with Crippen LogP contribution in [0.1, 0.15) is 25.8 Å². The summed E-state index contributed by atoms with van der Waals surface area (Å²) in [6.45, 7) is 5.44. The van der Waals surface area contributed by atoms with E-state index in [1.165, 1.54) is 7.11 Å². The van der Waals surface area contributed by atoms with Crippen LogP contribution in [0, 0.1) is 0 Å². The maximum Gasteiger partial charge on any atom is 0.346 e. The van der Waals surface area contributed by atoms with Gasteiger partial charge in [-0.2, -0.15) is 0 Å². The molecule has 4 nitrogen and oxygen atoms in total. The van der Waals surface area contributed by atoms with E-state index in [4.69, 9.17) is 4.74 Å². The quantitative estimate of drug-likeness (QED) is 0.617. The van der Waals surface area contributed by atoms with Gasteiger partial charge in [-0.05, 0) is 38.1 Å². The van der Waals surface area contributed by atoms with Crippen LogP contribution >= 0.6 is 15.9 Å². The molecule has 0 saturated carbocycles. The average Bonchev–Trinajstić information content (AvgIpc) is 2.40. The summed E-state index contributed by atoms with van der Waals surface area (Å²) in [5.74, 6) is 0.320. The number of methoxy groups -OCH3 is 1. The summed E-state index contributed by atoms with van der Waals surface area (Å²) >= 11 is 3.44. The SMILES string of the molecule is CCCNCc1cc(Br)ccc1OC(C)C(=O)OC. The Bertz CT molecular complexity index is 423. The highest BCUT2D eigenvalue weighted by molar-refractivity contribution is 9.10. The number of carbonyl (C=O) groups is 1. The van der Waals surface area contributed by atoms with Gasteiger partial charge in [0.15, 0.2) is 6.10 Å². The zero-order valence-corrected chi connectivity index (χ0v) is 13.1. The summed E-state index contributed by atoms with van der Waals surface area (Å²) < 4.78 is 11.3. The predicted octanol–water partition coefficient (Wildman–Crippen LogP) is 2.89. The van der Waals surface area contributed by atoms with Gasteiger partial charge in [0.05, 0.1) is 7.11 Å². The van der Waals surface area contributed by atoms with Crippen LogP contribution in [0.5, 0.6) is 5.75 Å². The molecule has 1 aromatic rings. The van der Waals surface area contributed by atoms with Crippen molar-refractivity contribution in [1.82, 2.24) is 5.32 Å². The molecule has 0 aromatic heterocycles.